The van der Waals surface area contributed by atoms with Gasteiger partial charge in [-0.1, -0.05) is 20.8 Å². The number of ether oxygens (including phenoxy) is 2. The predicted molar refractivity (Wildman–Crippen MR) is 69.0 cm³/mol. The molecule has 0 fully saturated rings. The summed E-state index contributed by atoms with van der Waals surface area (Å²) in [5, 5.41) is 3.09. The summed E-state index contributed by atoms with van der Waals surface area (Å²) in [4.78, 5) is 11.4. The molecule has 0 aliphatic carbocycles. The van der Waals surface area contributed by atoms with Crippen LogP contribution in [0, 0.1) is 5.92 Å². The second-order valence-electron chi connectivity index (χ2n) is 4.73. The van der Waals surface area contributed by atoms with Gasteiger partial charge in [0.2, 0.25) is 0 Å². The first kappa shape index (κ1) is 16.4. The van der Waals surface area contributed by atoms with E-state index >= 15 is 0 Å². The van der Waals surface area contributed by atoms with Gasteiger partial charge in [0.05, 0.1) is 13.2 Å². The molecule has 0 amide bonds. The molecule has 0 saturated carbocycles. The Bertz CT molecular complexity index is 207. The number of esters is 1. The van der Waals surface area contributed by atoms with Crippen LogP contribution in [-0.4, -0.2) is 38.4 Å². The molecule has 0 bridgehead atoms. The average Bonchev–Trinajstić information content (AvgIpc) is 2.26. The lowest BCUT2D eigenvalue weighted by molar-refractivity contribution is -0.143. The normalized spacial score (nSPS) is 14.7. The standard InChI is InChI=1S/C13H27NO3/c1-6-14-12(13(15)16-5)7-8-17-11(4)9-10(2)3/h10-12,14H,6-9H2,1-5H3. The highest BCUT2D eigenvalue weighted by Crippen LogP contribution is 2.08. The summed E-state index contributed by atoms with van der Waals surface area (Å²) in [5.41, 5.74) is 0. The van der Waals surface area contributed by atoms with E-state index < -0.39 is 0 Å². The van der Waals surface area contributed by atoms with Crippen LogP contribution in [0.2, 0.25) is 0 Å². The number of carbonyl (C=O) groups is 1. The first-order chi connectivity index (χ1) is 8.01. The van der Waals surface area contributed by atoms with Gasteiger partial charge in [0.15, 0.2) is 0 Å². The largest absolute Gasteiger partial charge is 0.468 e. The van der Waals surface area contributed by atoms with Gasteiger partial charge in [0.1, 0.15) is 6.04 Å². The summed E-state index contributed by atoms with van der Waals surface area (Å²) >= 11 is 0. The molecular formula is C13H27NO3. The molecule has 4 nitrogen and oxygen atoms in total. The highest BCUT2D eigenvalue weighted by molar-refractivity contribution is 5.75. The Hall–Kier alpha value is -0.610. The number of likely N-dealkylation sites (N-methyl/N-ethyl adjacent to an activating group) is 1. The van der Waals surface area contributed by atoms with Crippen LogP contribution in [0.15, 0.2) is 0 Å². The van der Waals surface area contributed by atoms with Gasteiger partial charge in [0.25, 0.3) is 0 Å². The predicted octanol–water partition coefficient (Wildman–Crippen LogP) is 1.98. The Kier molecular flexibility index (Phi) is 9.09. The molecule has 0 aromatic rings. The summed E-state index contributed by atoms with van der Waals surface area (Å²) in [6.07, 6.45) is 1.95. The number of carbonyl (C=O) groups excluding carboxylic acids is 1. The van der Waals surface area contributed by atoms with Crippen LogP contribution in [0.3, 0.4) is 0 Å². The van der Waals surface area contributed by atoms with Crippen LogP contribution in [0.1, 0.15) is 40.5 Å². The quantitative estimate of drug-likeness (QED) is 0.631. The summed E-state index contributed by atoms with van der Waals surface area (Å²) in [5.74, 6) is 0.419. The molecule has 0 heterocycles. The minimum Gasteiger partial charge on any atom is -0.468 e. The molecule has 17 heavy (non-hydrogen) atoms. The van der Waals surface area contributed by atoms with Crippen molar-refractivity contribution in [3.8, 4) is 0 Å². The SMILES string of the molecule is CCNC(CCOC(C)CC(C)C)C(=O)OC. The third-order valence-electron chi connectivity index (χ3n) is 2.55. The van der Waals surface area contributed by atoms with Gasteiger partial charge < -0.3 is 14.8 Å². The summed E-state index contributed by atoms with van der Waals surface area (Å²) in [6.45, 7) is 9.73. The Balaban J connectivity index is 3.85. The van der Waals surface area contributed by atoms with Gasteiger partial charge in [0, 0.05) is 6.61 Å². The lowest BCUT2D eigenvalue weighted by Gasteiger charge is -2.18. The molecule has 0 aliphatic heterocycles. The zero-order valence-corrected chi connectivity index (χ0v) is 11.8. The Morgan fingerprint density at radius 1 is 1.29 bits per heavy atom. The molecule has 102 valence electrons. The van der Waals surface area contributed by atoms with Crippen LogP contribution in [0.25, 0.3) is 0 Å². The van der Waals surface area contributed by atoms with E-state index in [0.717, 1.165) is 13.0 Å². The van der Waals surface area contributed by atoms with Crippen LogP contribution in [-0.2, 0) is 14.3 Å². The van der Waals surface area contributed by atoms with E-state index in [4.69, 9.17) is 9.47 Å². The third-order valence-corrected chi connectivity index (χ3v) is 2.55. The van der Waals surface area contributed by atoms with Crippen molar-refractivity contribution < 1.29 is 14.3 Å². The molecule has 4 heteroatoms. The molecule has 0 aromatic carbocycles. The highest BCUT2D eigenvalue weighted by Gasteiger charge is 2.17. The van der Waals surface area contributed by atoms with Gasteiger partial charge in [-0.25, -0.2) is 0 Å². The first-order valence-corrected chi connectivity index (χ1v) is 6.44. The number of rotatable bonds is 9. The summed E-state index contributed by atoms with van der Waals surface area (Å²) in [7, 11) is 1.41. The van der Waals surface area contributed by atoms with Gasteiger partial charge >= 0.3 is 5.97 Å². The minimum atomic E-state index is -0.253. The molecular weight excluding hydrogens is 218 g/mol. The van der Waals surface area contributed by atoms with Crippen molar-refractivity contribution in [3.05, 3.63) is 0 Å². The molecule has 0 aliphatic rings. The zero-order chi connectivity index (χ0) is 13.3. The molecule has 0 aromatic heterocycles. The van der Waals surface area contributed by atoms with Crippen molar-refractivity contribution >= 4 is 5.97 Å². The van der Waals surface area contributed by atoms with Gasteiger partial charge in [-0.3, -0.25) is 4.79 Å². The molecule has 0 saturated heterocycles. The maximum absolute atomic E-state index is 11.4. The van der Waals surface area contributed by atoms with Crippen molar-refractivity contribution in [2.24, 2.45) is 5.92 Å². The van der Waals surface area contributed by atoms with Crippen molar-refractivity contribution in [2.75, 3.05) is 20.3 Å². The van der Waals surface area contributed by atoms with Crippen LogP contribution >= 0.6 is 0 Å². The minimum absolute atomic E-state index is 0.216. The monoisotopic (exact) mass is 245 g/mol. The van der Waals surface area contributed by atoms with E-state index in [-0.39, 0.29) is 18.1 Å². The fourth-order valence-corrected chi connectivity index (χ4v) is 1.81. The van der Waals surface area contributed by atoms with Gasteiger partial charge in [-0.15, -0.1) is 0 Å². The Labute approximate surface area is 105 Å². The van der Waals surface area contributed by atoms with E-state index in [2.05, 4.69) is 26.1 Å². The number of hydrogen-bond donors (Lipinski definition) is 1. The Morgan fingerprint density at radius 3 is 2.41 bits per heavy atom. The van der Waals surface area contributed by atoms with E-state index in [9.17, 15) is 4.79 Å². The third kappa shape index (κ3) is 8.16. The summed E-state index contributed by atoms with van der Waals surface area (Å²) in [6, 6.07) is -0.253. The average molecular weight is 245 g/mol. The molecule has 0 rings (SSSR count). The Morgan fingerprint density at radius 2 is 1.94 bits per heavy atom. The maximum Gasteiger partial charge on any atom is 0.322 e. The van der Waals surface area contributed by atoms with Crippen molar-refractivity contribution in [2.45, 2.75) is 52.7 Å². The van der Waals surface area contributed by atoms with Crippen molar-refractivity contribution in [1.82, 2.24) is 5.32 Å². The lowest BCUT2D eigenvalue weighted by atomic mass is 10.1. The maximum atomic E-state index is 11.4. The second-order valence-corrected chi connectivity index (χ2v) is 4.73. The zero-order valence-electron chi connectivity index (χ0n) is 11.8. The molecule has 1 N–H and O–H groups in total. The van der Waals surface area contributed by atoms with E-state index in [1.54, 1.807) is 0 Å². The molecule has 2 atom stereocenters. The molecule has 2 unspecified atom stereocenters. The number of nitrogens with one attached hydrogen (secondary N) is 1. The lowest BCUT2D eigenvalue weighted by Crippen LogP contribution is -2.38. The van der Waals surface area contributed by atoms with Crippen molar-refractivity contribution in [1.29, 1.82) is 0 Å². The molecule has 0 spiro atoms. The number of methoxy groups -OCH3 is 1. The number of hydrogen-bond acceptors (Lipinski definition) is 4. The van der Waals surface area contributed by atoms with Crippen molar-refractivity contribution in [3.63, 3.8) is 0 Å². The first-order valence-electron chi connectivity index (χ1n) is 6.44. The van der Waals surface area contributed by atoms with Crippen LogP contribution in [0.5, 0.6) is 0 Å². The highest BCUT2D eigenvalue weighted by atomic mass is 16.5. The topological polar surface area (TPSA) is 47.6 Å². The second kappa shape index (κ2) is 9.42. The van der Waals surface area contributed by atoms with Crippen LogP contribution in [0.4, 0.5) is 0 Å². The molecule has 0 radical (unpaired) electrons. The fraction of sp³-hybridized carbons (Fsp3) is 0.923. The van der Waals surface area contributed by atoms with E-state index in [0.29, 0.717) is 18.9 Å². The van der Waals surface area contributed by atoms with Gasteiger partial charge in [-0.2, -0.15) is 0 Å². The van der Waals surface area contributed by atoms with Gasteiger partial charge in [-0.05, 0) is 32.2 Å². The summed E-state index contributed by atoms with van der Waals surface area (Å²) < 4.78 is 10.4. The van der Waals surface area contributed by atoms with Crippen LogP contribution < -0.4 is 5.32 Å². The van der Waals surface area contributed by atoms with E-state index in [1.807, 2.05) is 6.92 Å². The van der Waals surface area contributed by atoms with E-state index in [1.165, 1.54) is 7.11 Å². The fourth-order valence-electron chi connectivity index (χ4n) is 1.81. The smallest absolute Gasteiger partial charge is 0.322 e.